The largest absolute Gasteiger partial charge is 0.436 e. The standard InChI is InChI=1S/C48H30N4O/c1-5-13-32(14-6-1)40-30-41(51-47(50-40)35-17-9-3-10-18-35)33-23-21-31(22-24-33)37-25-26-38-42(29-37)49-45(34-15-7-2-8-16-34)39-27-28-43-46(44(38)39)52-48(53-43)36-19-11-4-12-20-36/h1-30H. The molecule has 0 aliphatic rings. The van der Waals surface area contributed by atoms with Crippen molar-refractivity contribution in [3.63, 3.8) is 0 Å². The Morgan fingerprint density at radius 3 is 1.55 bits per heavy atom. The maximum Gasteiger partial charge on any atom is 0.227 e. The summed E-state index contributed by atoms with van der Waals surface area (Å²) >= 11 is 0. The zero-order valence-corrected chi connectivity index (χ0v) is 28.5. The molecule has 0 aliphatic carbocycles. The van der Waals surface area contributed by atoms with E-state index in [1.807, 2.05) is 91.0 Å². The quantitative estimate of drug-likeness (QED) is 0.164. The average molecular weight is 679 g/mol. The van der Waals surface area contributed by atoms with Crippen molar-refractivity contribution >= 4 is 32.8 Å². The van der Waals surface area contributed by atoms with E-state index in [0.717, 1.165) is 88.8 Å². The molecule has 5 nitrogen and oxygen atoms in total. The van der Waals surface area contributed by atoms with Crippen LogP contribution in [-0.2, 0) is 0 Å². The summed E-state index contributed by atoms with van der Waals surface area (Å²) in [6.45, 7) is 0. The SMILES string of the molecule is c1ccc(-c2cc(-c3ccc(-c4ccc5c(c4)nc(-c4ccccc4)c4ccc6oc(-c7ccccc7)nc6c45)cc3)nc(-c3ccccc3)n2)cc1. The maximum absolute atomic E-state index is 6.32. The Hall–Kier alpha value is -7.24. The zero-order valence-electron chi connectivity index (χ0n) is 28.5. The van der Waals surface area contributed by atoms with E-state index in [1.54, 1.807) is 0 Å². The lowest BCUT2D eigenvalue weighted by Crippen LogP contribution is -1.95. The third kappa shape index (κ3) is 5.61. The maximum atomic E-state index is 6.32. The molecule has 0 fully saturated rings. The van der Waals surface area contributed by atoms with Crippen LogP contribution in [0.25, 0.3) is 101 Å². The fourth-order valence-corrected chi connectivity index (χ4v) is 7.08. The van der Waals surface area contributed by atoms with Crippen molar-refractivity contribution in [1.82, 2.24) is 19.9 Å². The van der Waals surface area contributed by atoms with Crippen molar-refractivity contribution in [2.75, 3.05) is 0 Å². The van der Waals surface area contributed by atoms with Crippen LogP contribution < -0.4 is 0 Å². The van der Waals surface area contributed by atoms with Gasteiger partial charge in [-0.15, -0.1) is 0 Å². The van der Waals surface area contributed by atoms with Crippen molar-refractivity contribution in [3.8, 4) is 67.7 Å². The smallest absolute Gasteiger partial charge is 0.227 e. The van der Waals surface area contributed by atoms with Crippen LogP contribution in [0.4, 0.5) is 0 Å². The van der Waals surface area contributed by atoms with Crippen molar-refractivity contribution in [2.24, 2.45) is 0 Å². The number of hydrogen-bond acceptors (Lipinski definition) is 5. The number of fused-ring (bicyclic) bond motifs is 5. The fourth-order valence-electron chi connectivity index (χ4n) is 7.08. The Labute approximate surface area is 305 Å². The fraction of sp³-hybridized carbons (Fsp3) is 0. The second-order valence-electron chi connectivity index (χ2n) is 13.0. The lowest BCUT2D eigenvalue weighted by molar-refractivity contribution is 0.620. The van der Waals surface area contributed by atoms with Crippen LogP contribution in [0, 0.1) is 0 Å². The van der Waals surface area contributed by atoms with E-state index in [-0.39, 0.29) is 0 Å². The third-order valence-corrected chi connectivity index (χ3v) is 9.72. The molecule has 248 valence electrons. The number of pyridine rings is 1. The van der Waals surface area contributed by atoms with Gasteiger partial charge in [-0.1, -0.05) is 146 Å². The molecule has 0 radical (unpaired) electrons. The second-order valence-corrected chi connectivity index (χ2v) is 13.0. The molecule has 7 aromatic carbocycles. The number of benzene rings is 7. The third-order valence-electron chi connectivity index (χ3n) is 9.72. The summed E-state index contributed by atoms with van der Waals surface area (Å²) in [7, 11) is 0. The molecule has 0 bridgehead atoms. The lowest BCUT2D eigenvalue weighted by Gasteiger charge is -2.12. The van der Waals surface area contributed by atoms with Crippen LogP contribution in [0.15, 0.2) is 186 Å². The summed E-state index contributed by atoms with van der Waals surface area (Å²) < 4.78 is 6.32. The van der Waals surface area contributed by atoms with Crippen LogP contribution >= 0.6 is 0 Å². The summed E-state index contributed by atoms with van der Waals surface area (Å²) in [6, 6.07) is 62.1. The molecular weight excluding hydrogens is 649 g/mol. The molecule has 0 saturated heterocycles. The Morgan fingerprint density at radius 2 is 0.887 bits per heavy atom. The summed E-state index contributed by atoms with van der Waals surface area (Å²) in [5, 5.41) is 3.10. The van der Waals surface area contributed by atoms with Gasteiger partial charge in [0.15, 0.2) is 11.4 Å². The Balaban J connectivity index is 1.09. The van der Waals surface area contributed by atoms with E-state index in [9.17, 15) is 0 Å². The van der Waals surface area contributed by atoms with Gasteiger partial charge < -0.3 is 4.42 Å². The van der Waals surface area contributed by atoms with E-state index in [0.29, 0.717) is 11.7 Å². The highest BCUT2D eigenvalue weighted by Crippen LogP contribution is 2.39. The molecule has 5 heteroatoms. The van der Waals surface area contributed by atoms with Gasteiger partial charge >= 0.3 is 0 Å². The number of oxazole rings is 1. The molecule has 0 atom stereocenters. The molecular formula is C48H30N4O. The van der Waals surface area contributed by atoms with Crippen molar-refractivity contribution < 1.29 is 4.42 Å². The minimum absolute atomic E-state index is 0.603. The van der Waals surface area contributed by atoms with Crippen molar-refractivity contribution in [2.45, 2.75) is 0 Å². The van der Waals surface area contributed by atoms with Gasteiger partial charge in [0.1, 0.15) is 5.52 Å². The molecule has 3 heterocycles. The molecule has 0 saturated carbocycles. The first-order valence-electron chi connectivity index (χ1n) is 17.6. The average Bonchev–Trinajstić information content (AvgIpc) is 3.69. The van der Waals surface area contributed by atoms with Gasteiger partial charge in [0.2, 0.25) is 5.89 Å². The highest BCUT2D eigenvalue weighted by Gasteiger charge is 2.18. The summed E-state index contributed by atoms with van der Waals surface area (Å²) in [4.78, 5) is 20.3. The van der Waals surface area contributed by atoms with Crippen molar-refractivity contribution in [3.05, 3.63) is 182 Å². The van der Waals surface area contributed by atoms with Crippen LogP contribution in [0.3, 0.4) is 0 Å². The first-order valence-corrected chi connectivity index (χ1v) is 17.6. The first-order chi connectivity index (χ1) is 26.2. The van der Waals surface area contributed by atoms with E-state index in [1.165, 1.54) is 0 Å². The Bertz CT molecular complexity index is 2850. The highest BCUT2D eigenvalue weighted by atomic mass is 16.3. The van der Waals surface area contributed by atoms with Crippen molar-refractivity contribution in [1.29, 1.82) is 0 Å². The van der Waals surface area contributed by atoms with E-state index in [4.69, 9.17) is 24.4 Å². The van der Waals surface area contributed by atoms with Crippen LogP contribution in [0.5, 0.6) is 0 Å². The topological polar surface area (TPSA) is 64.7 Å². The van der Waals surface area contributed by atoms with Gasteiger partial charge in [-0.25, -0.2) is 19.9 Å². The van der Waals surface area contributed by atoms with Gasteiger partial charge in [-0.3, -0.25) is 0 Å². The first kappa shape index (κ1) is 30.6. The van der Waals surface area contributed by atoms with Crippen LogP contribution in [-0.4, -0.2) is 19.9 Å². The highest BCUT2D eigenvalue weighted by molar-refractivity contribution is 6.21. The number of aromatic nitrogens is 4. The Morgan fingerprint density at radius 1 is 0.358 bits per heavy atom. The van der Waals surface area contributed by atoms with Gasteiger partial charge in [0, 0.05) is 44.0 Å². The molecule has 53 heavy (non-hydrogen) atoms. The van der Waals surface area contributed by atoms with E-state index >= 15 is 0 Å². The molecule has 10 aromatic rings. The summed E-state index contributed by atoms with van der Waals surface area (Å²) in [6.07, 6.45) is 0. The molecule has 3 aromatic heterocycles. The summed E-state index contributed by atoms with van der Waals surface area (Å²) in [5.74, 6) is 1.30. The van der Waals surface area contributed by atoms with Gasteiger partial charge in [0.25, 0.3) is 0 Å². The lowest BCUT2D eigenvalue weighted by atomic mass is 9.96. The number of hydrogen-bond donors (Lipinski definition) is 0. The monoisotopic (exact) mass is 678 g/mol. The number of nitrogens with zero attached hydrogens (tertiary/aromatic N) is 4. The zero-order chi connectivity index (χ0) is 35.1. The summed E-state index contributed by atoms with van der Waals surface area (Å²) in [5.41, 5.74) is 12.4. The van der Waals surface area contributed by atoms with Crippen LogP contribution in [0.1, 0.15) is 0 Å². The molecule has 10 rings (SSSR count). The second kappa shape index (κ2) is 12.8. The van der Waals surface area contributed by atoms with Gasteiger partial charge in [-0.05, 0) is 47.5 Å². The Kier molecular flexibility index (Phi) is 7.40. The predicted molar refractivity (Wildman–Crippen MR) is 215 cm³/mol. The van der Waals surface area contributed by atoms with E-state index < -0.39 is 0 Å². The van der Waals surface area contributed by atoms with Crippen LogP contribution in [0.2, 0.25) is 0 Å². The van der Waals surface area contributed by atoms with E-state index in [2.05, 4.69) is 91.0 Å². The van der Waals surface area contributed by atoms with Gasteiger partial charge in [0.05, 0.1) is 22.6 Å². The minimum atomic E-state index is 0.603. The predicted octanol–water partition coefficient (Wildman–Crippen LogP) is 12.3. The van der Waals surface area contributed by atoms with Gasteiger partial charge in [-0.2, -0.15) is 0 Å². The minimum Gasteiger partial charge on any atom is -0.436 e. The molecule has 0 aliphatic heterocycles. The normalized spacial score (nSPS) is 11.4. The molecule has 0 N–H and O–H groups in total. The molecule has 0 spiro atoms. The molecule has 0 amide bonds. The number of rotatable bonds is 6. The molecule has 0 unspecified atom stereocenters.